The molecule has 1 nitrogen and oxygen atoms in total. The number of nitrogens with one attached hydrogen (secondary N) is 1. The Bertz CT molecular complexity index is 365. The molecule has 1 heterocycles. The minimum absolute atomic E-state index is 0.324. The van der Waals surface area contributed by atoms with E-state index in [1.165, 1.54) is 12.1 Å². The molecule has 0 aliphatic carbocycles. The molecule has 0 saturated carbocycles. The lowest BCUT2D eigenvalue weighted by molar-refractivity contribution is -0.137. The van der Waals surface area contributed by atoms with E-state index in [1.807, 2.05) is 0 Å². The van der Waals surface area contributed by atoms with E-state index in [9.17, 15) is 13.2 Å². The smallest absolute Gasteiger partial charge is 0.316 e. The van der Waals surface area contributed by atoms with Gasteiger partial charge in [-0.15, -0.1) is 0 Å². The molecule has 1 fully saturated rings. The summed E-state index contributed by atoms with van der Waals surface area (Å²) in [5.74, 6) is 0.997. The molecule has 0 amide bonds. The average molecular weight is 243 g/mol. The van der Waals surface area contributed by atoms with Gasteiger partial charge in [0.2, 0.25) is 0 Å². The highest BCUT2D eigenvalue weighted by Gasteiger charge is 2.30. The first-order chi connectivity index (χ1) is 7.97. The minimum atomic E-state index is -4.24. The van der Waals surface area contributed by atoms with Gasteiger partial charge in [0.15, 0.2) is 0 Å². The highest BCUT2D eigenvalue weighted by atomic mass is 19.4. The highest BCUT2D eigenvalue weighted by Crippen LogP contribution is 2.31. The monoisotopic (exact) mass is 243 g/mol. The minimum Gasteiger partial charge on any atom is -0.316 e. The molecule has 1 aliphatic rings. The summed E-state index contributed by atoms with van der Waals surface area (Å²) >= 11 is 0. The number of hydrogen-bond acceptors (Lipinski definition) is 1. The molecule has 4 heteroatoms. The van der Waals surface area contributed by atoms with E-state index in [-0.39, 0.29) is 0 Å². The number of hydrogen-bond donors (Lipinski definition) is 1. The van der Waals surface area contributed by atoms with Crippen molar-refractivity contribution in [2.45, 2.75) is 25.4 Å². The van der Waals surface area contributed by atoms with Crippen molar-refractivity contribution >= 4 is 0 Å². The highest BCUT2D eigenvalue weighted by molar-refractivity contribution is 5.26. The summed E-state index contributed by atoms with van der Waals surface area (Å²) in [6.07, 6.45) is -3.20. The lowest BCUT2D eigenvalue weighted by atomic mass is 9.87. The normalized spacial score (nSPS) is 18.8. The SMILES string of the molecule is CC(CC1CNC1)c1ccc(C(F)(F)F)cc1. The molecular weight excluding hydrogens is 227 g/mol. The summed E-state index contributed by atoms with van der Waals surface area (Å²) in [6, 6.07) is 5.54. The average Bonchev–Trinajstić information content (AvgIpc) is 2.22. The third-order valence-corrected chi connectivity index (χ3v) is 3.36. The van der Waals surface area contributed by atoms with Crippen LogP contribution in [-0.2, 0) is 6.18 Å². The van der Waals surface area contributed by atoms with Crippen LogP contribution in [-0.4, -0.2) is 13.1 Å². The molecular formula is C13H16F3N. The Morgan fingerprint density at radius 3 is 2.24 bits per heavy atom. The van der Waals surface area contributed by atoms with E-state index in [1.54, 1.807) is 12.1 Å². The maximum atomic E-state index is 12.4. The van der Waals surface area contributed by atoms with Crippen molar-refractivity contribution in [2.75, 3.05) is 13.1 Å². The van der Waals surface area contributed by atoms with E-state index in [0.29, 0.717) is 11.8 Å². The maximum Gasteiger partial charge on any atom is 0.416 e. The van der Waals surface area contributed by atoms with Gasteiger partial charge in [-0.2, -0.15) is 13.2 Å². The van der Waals surface area contributed by atoms with Crippen molar-refractivity contribution in [2.24, 2.45) is 5.92 Å². The van der Waals surface area contributed by atoms with Crippen LogP contribution in [0, 0.1) is 5.92 Å². The Kier molecular flexibility index (Phi) is 3.43. The van der Waals surface area contributed by atoms with Gasteiger partial charge in [0, 0.05) is 0 Å². The Morgan fingerprint density at radius 1 is 1.24 bits per heavy atom. The topological polar surface area (TPSA) is 12.0 Å². The van der Waals surface area contributed by atoms with Crippen molar-refractivity contribution in [3.8, 4) is 0 Å². The van der Waals surface area contributed by atoms with Gasteiger partial charge in [-0.1, -0.05) is 19.1 Å². The molecule has 1 aromatic carbocycles. The van der Waals surface area contributed by atoms with E-state index >= 15 is 0 Å². The van der Waals surface area contributed by atoms with Crippen molar-refractivity contribution in [3.63, 3.8) is 0 Å². The largest absolute Gasteiger partial charge is 0.416 e. The van der Waals surface area contributed by atoms with Gasteiger partial charge in [-0.25, -0.2) is 0 Å². The van der Waals surface area contributed by atoms with Crippen LogP contribution in [0.5, 0.6) is 0 Å². The van der Waals surface area contributed by atoms with Crippen LogP contribution < -0.4 is 5.32 Å². The molecule has 2 rings (SSSR count). The van der Waals surface area contributed by atoms with Gasteiger partial charge >= 0.3 is 6.18 Å². The van der Waals surface area contributed by atoms with Crippen LogP contribution in [0.2, 0.25) is 0 Å². The van der Waals surface area contributed by atoms with Crippen LogP contribution in [0.25, 0.3) is 0 Å². The van der Waals surface area contributed by atoms with Crippen molar-refractivity contribution in [1.29, 1.82) is 0 Å². The van der Waals surface area contributed by atoms with E-state index in [4.69, 9.17) is 0 Å². The molecule has 1 N–H and O–H groups in total. The quantitative estimate of drug-likeness (QED) is 0.857. The second-order valence-corrected chi connectivity index (χ2v) is 4.78. The fourth-order valence-corrected chi connectivity index (χ4v) is 2.15. The summed E-state index contributed by atoms with van der Waals surface area (Å²) in [7, 11) is 0. The van der Waals surface area contributed by atoms with E-state index < -0.39 is 11.7 Å². The van der Waals surface area contributed by atoms with Gasteiger partial charge in [0.1, 0.15) is 0 Å². The summed E-state index contributed by atoms with van der Waals surface area (Å²) in [5.41, 5.74) is 0.420. The Morgan fingerprint density at radius 2 is 1.82 bits per heavy atom. The summed E-state index contributed by atoms with van der Waals surface area (Å²) < 4.78 is 37.2. The molecule has 0 spiro atoms. The third-order valence-electron chi connectivity index (χ3n) is 3.36. The van der Waals surface area contributed by atoms with Crippen molar-refractivity contribution in [3.05, 3.63) is 35.4 Å². The molecule has 94 valence electrons. The maximum absolute atomic E-state index is 12.4. The zero-order valence-corrected chi connectivity index (χ0v) is 9.72. The molecule has 1 atom stereocenters. The molecule has 0 radical (unpaired) electrons. The zero-order valence-electron chi connectivity index (χ0n) is 9.72. The van der Waals surface area contributed by atoms with E-state index in [0.717, 1.165) is 25.1 Å². The van der Waals surface area contributed by atoms with Crippen LogP contribution in [0.3, 0.4) is 0 Å². The Balaban J connectivity index is 2.01. The predicted octanol–water partition coefficient (Wildman–Crippen LogP) is 3.42. The summed E-state index contributed by atoms with van der Waals surface area (Å²) in [5, 5.41) is 3.20. The fraction of sp³-hybridized carbons (Fsp3) is 0.538. The lowest BCUT2D eigenvalue weighted by Crippen LogP contribution is -2.42. The molecule has 1 saturated heterocycles. The summed E-state index contributed by atoms with van der Waals surface area (Å²) in [6.45, 7) is 4.14. The fourth-order valence-electron chi connectivity index (χ4n) is 2.15. The molecule has 1 aromatic rings. The first-order valence-corrected chi connectivity index (χ1v) is 5.84. The van der Waals surface area contributed by atoms with Crippen LogP contribution >= 0.6 is 0 Å². The molecule has 1 unspecified atom stereocenters. The molecule has 1 aliphatic heterocycles. The number of halogens is 3. The Labute approximate surface area is 99.0 Å². The van der Waals surface area contributed by atoms with Gasteiger partial charge in [-0.05, 0) is 49.0 Å². The predicted molar refractivity (Wildman–Crippen MR) is 60.8 cm³/mol. The number of benzene rings is 1. The van der Waals surface area contributed by atoms with Gasteiger partial charge < -0.3 is 5.32 Å². The summed E-state index contributed by atoms with van der Waals surface area (Å²) in [4.78, 5) is 0. The second kappa shape index (κ2) is 4.69. The van der Waals surface area contributed by atoms with Gasteiger partial charge in [0.25, 0.3) is 0 Å². The zero-order chi connectivity index (χ0) is 12.5. The van der Waals surface area contributed by atoms with E-state index in [2.05, 4.69) is 12.2 Å². The van der Waals surface area contributed by atoms with Gasteiger partial charge in [0.05, 0.1) is 5.56 Å². The van der Waals surface area contributed by atoms with Crippen molar-refractivity contribution in [1.82, 2.24) is 5.32 Å². The standard InChI is InChI=1S/C13H16F3N/c1-9(6-10-7-17-8-10)11-2-4-12(5-3-11)13(14,15)16/h2-5,9-10,17H,6-8H2,1H3. The Hall–Kier alpha value is -1.03. The van der Waals surface area contributed by atoms with Crippen LogP contribution in [0.4, 0.5) is 13.2 Å². The number of alkyl halides is 3. The van der Waals surface area contributed by atoms with Gasteiger partial charge in [-0.3, -0.25) is 0 Å². The molecule has 0 aromatic heterocycles. The number of rotatable bonds is 3. The molecule has 0 bridgehead atoms. The first-order valence-electron chi connectivity index (χ1n) is 5.84. The third kappa shape index (κ3) is 3.00. The van der Waals surface area contributed by atoms with Crippen LogP contribution in [0.15, 0.2) is 24.3 Å². The molecule has 17 heavy (non-hydrogen) atoms. The van der Waals surface area contributed by atoms with Crippen LogP contribution in [0.1, 0.15) is 30.4 Å². The second-order valence-electron chi connectivity index (χ2n) is 4.78. The lowest BCUT2D eigenvalue weighted by Gasteiger charge is -2.29. The van der Waals surface area contributed by atoms with Crippen molar-refractivity contribution < 1.29 is 13.2 Å². The first kappa shape index (κ1) is 12.4.